The molecule has 0 aliphatic rings. The van der Waals surface area contributed by atoms with Gasteiger partial charge in [0.2, 0.25) is 0 Å². The lowest BCUT2D eigenvalue weighted by atomic mass is 10.2. The Labute approximate surface area is 192 Å². The molecule has 0 radical (unpaired) electrons. The number of hydrogen-bond acceptors (Lipinski definition) is 4. The highest BCUT2D eigenvalue weighted by atomic mass is 35.5. The number of aryl methyl sites for hydroxylation is 1. The van der Waals surface area contributed by atoms with E-state index in [4.69, 9.17) is 32.7 Å². The zero-order chi connectivity index (χ0) is 22.2. The molecule has 0 heterocycles. The molecule has 0 atom stereocenters. The van der Waals surface area contributed by atoms with Crippen molar-refractivity contribution in [3.63, 3.8) is 0 Å². The Morgan fingerprint density at radius 2 is 1.74 bits per heavy atom. The second-order valence-corrected chi connectivity index (χ2v) is 7.66. The number of halogens is 2. The van der Waals surface area contributed by atoms with Gasteiger partial charge in [-0.25, -0.2) is 0 Å². The van der Waals surface area contributed by atoms with E-state index in [0.717, 1.165) is 21.8 Å². The minimum Gasteiger partial charge on any atom is -0.490 e. The lowest BCUT2D eigenvalue weighted by molar-refractivity contribution is -0.118. The summed E-state index contributed by atoms with van der Waals surface area (Å²) in [5.74, 6) is 0.769. The smallest absolute Gasteiger partial charge is 0.262 e. The Morgan fingerprint density at radius 1 is 0.935 bits per heavy atom. The van der Waals surface area contributed by atoms with Crippen molar-refractivity contribution in [1.82, 2.24) is 0 Å². The second kappa shape index (κ2) is 10.9. The van der Waals surface area contributed by atoms with Crippen LogP contribution in [0.25, 0.3) is 0 Å². The van der Waals surface area contributed by atoms with Crippen LogP contribution >= 0.6 is 23.2 Å². The van der Waals surface area contributed by atoms with Crippen LogP contribution < -0.4 is 20.1 Å². The molecule has 0 unspecified atom stereocenters. The highest BCUT2D eigenvalue weighted by Crippen LogP contribution is 2.29. The Hall–Kier alpha value is -2.89. The maximum atomic E-state index is 12.2. The molecular formula is C24H24Cl2N2O3. The minimum absolute atomic E-state index is 0.162. The number of anilines is 2. The monoisotopic (exact) mass is 458 g/mol. The van der Waals surface area contributed by atoms with E-state index in [2.05, 4.69) is 10.6 Å². The van der Waals surface area contributed by atoms with E-state index in [9.17, 15) is 4.79 Å². The van der Waals surface area contributed by atoms with Crippen molar-refractivity contribution >= 4 is 40.5 Å². The van der Waals surface area contributed by atoms with Crippen LogP contribution in [-0.4, -0.2) is 19.1 Å². The van der Waals surface area contributed by atoms with Gasteiger partial charge in [0.05, 0.1) is 17.3 Å². The molecular weight excluding hydrogens is 435 g/mol. The van der Waals surface area contributed by atoms with Gasteiger partial charge in [0.25, 0.3) is 5.91 Å². The predicted octanol–water partition coefficient (Wildman–Crippen LogP) is 6.33. The third-order valence-corrected chi connectivity index (χ3v) is 5.22. The van der Waals surface area contributed by atoms with Crippen molar-refractivity contribution in [1.29, 1.82) is 0 Å². The molecule has 1 amide bonds. The van der Waals surface area contributed by atoms with E-state index in [1.807, 2.05) is 44.2 Å². The highest BCUT2D eigenvalue weighted by Gasteiger charge is 2.11. The average Bonchev–Trinajstić information content (AvgIpc) is 2.76. The van der Waals surface area contributed by atoms with Gasteiger partial charge in [0.1, 0.15) is 0 Å². The van der Waals surface area contributed by atoms with Gasteiger partial charge in [-0.3, -0.25) is 4.79 Å². The summed E-state index contributed by atoms with van der Waals surface area (Å²) in [5, 5.41) is 7.27. The van der Waals surface area contributed by atoms with E-state index in [0.29, 0.717) is 35.4 Å². The first-order valence-corrected chi connectivity index (χ1v) is 10.6. The average molecular weight is 459 g/mol. The van der Waals surface area contributed by atoms with Gasteiger partial charge in [-0.15, -0.1) is 0 Å². The summed E-state index contributed by atoms with van der Waals surface area (Å²) in [6, 6.07) is 18.5. The standard InChI is InChI=1S/C24H24Cl2N2O3/c1-3-30-23-12-17(14-27-18-10-8-16(2)20(26)13-18)9-11-22(23)31-15-24(29)28-21-7-5-4-6-19(21)25/h4-13,27H,3,14-15H2,1-2H3,(H,28,29). The molecule has 3 aromatic carbocycles. The number of rotatable bonds is 9. The quantitative estimate of drug-likeness (QED) is 0.393. The summed E-state index contributed by atoms with van der Waals surface area (Å²) < 4.78 is 11.4. The number of carbonyl (C=O) groups excluding carboxylic acids is 1. The first kappa shape index (κ1) is 22.8. The molecule has 31 heavy (non-hydrogen) atoms. The van der Waals surface area contributed by atoms with Gasteiger partial charge in [-0.2, -0.15) is 0 Å². The van der Waals surface area contributed by atoms with Crippen LogP contribution in [0.4, 0.5) is 11.4 Å². The first-order chi connectivity index (χ1) is 15.0. The Balaban J connectivity index is 1.62. The van der Waals surface area contributed by atoms with Crippen molar-refractivity contribution in [2.75, 3.05) is 23.8 Å². The molecule has 162 valence electrons. The van der Waals surface area contributed by atoms with Gasteiger partial charge in [-0.05, 0) is 61.4 Å². The van der Waals surface area contributed by atoms with Crippen LogP contribution in [0.15, 0.2) is 60.7 Å². The maximum Gasteiger partial charge on any atom is 0.262 e. The normalized spacial score (nSPS) is 10.5. The van der Waals surface area contributed by atoms with Crippen LogP contribution in [0.5, 0.6) is 11.5 Å². The van der Waals surface area contributed by atoms with Crippen molar-refractivity contribution < 1.29 is 14.3 Å². The minimum atomic E-state index is -0.308. The number of hydrogen-bond donors (Lipinski definition) is 2. The highest BCUT2D eigenvalue weighted by molar-refractivity contribution is 6.33. The summed E-state index contributed by atoms with van der Waals surface area (Å²) in [4.78, 5) is 12.2. The van der Waals surface area contributed by atoms with E-state index < -0.39 is 0 Å². The van der Waals surface area contributed by atoms with E-state index >= 15 is 0 Å². The number of nitrogens with one attached hydrogen (secondary N) is 2. The van der Waals surface area contributed by atoms with Crippen LogP contribution in [0.2, 0.25) is 10.0 Å². The summed E-state index contributed by atoms with van der Waals surface area (Å²) in [6.07, 6.45) is 0. The third kappa shape index (κ3) is 6.54. The molecule has 2 N–H and O–H groups in total. The fraction of sp³-hybridized carbons (Fsp3) is 0.208. The van der Waals surface area contributed by atoms with Crippen LogP contribution in [0, 0.1) is 6.92 Å². The maximum absolute atomic E-state index is 12.2. The molecule has 0 saturated carbocycles. The Kier molecular flexibility index (Phi) is 8.04. The molecule has 0 bridgehead atoms. The molecule has 0 aliphatic heterocycles. The zero-order valence-electron chi connectivity index (χ0n) is 17.4. The summed E-state index contributed by atoms with van der Waals surface area (Å²) in [5.41, 5.74) is 3.52. The van der Waals surface area contributed by atoms with Gasteiger partial charge >= 0.3 is 0 Å². The Bertz CT molecular complexity index is 1060. The van der Waals surface area contributed by atoms with Gasteiger partial charge < -0.3 is 20.1 Å². The van der Waals surface area contributed by atoms with Crippen molar-refractivity contribution in [3.05, 3.63) is 81.8 Å². The van der Waals surface area contributed by atoms with Gasteiger partial charge in [-0.1, -0.05) is 47.5 Å². The zero-order valence-corrected chi connectivity index (χ0v) is 18.9. The second-order valence-electron chi connectivity index (χ2n) is 6.85. The third-order valence-electron chi connectivity index (χ3n) is 4.48. The van der Waals surface area contributed by atoms with Gasteiger partial charge in [0.15, 0.2) is 18.1 Å². The number of para-hydroxylation sites is 1. The molecule has 3 aromatic rings. The number of ether oxygens (including phenoxy) is 2. The van der Waals surface area contributed by atoms with Crippen LogP contribution in [-0.2, 0) is 11.3 Å². The molecule has 3 rings (SSSR count). The van der Waals surface area contributed by atoms with Crippen molar-refractivity contribution in [2.24, 2.45) is 0 Å². The molecule has 0 aliphatic carbocycles. The Morgan fingerprint density at radius 3 is 2.48 bits per heavy atom. The largest absolute Gasteiger partial charge is 0.490 e. The topological polar surface area (TPSA) is 59.6 Å². The lowest BCUT2D eigenvalue weighted by Crippen LogP contribution is -2.20. The van der Waals surface area contributed by atoms with Crippen LogP contribution in [0.3, 0.4) is 0 Å². The number of benzene rings is 3. The number of amides is 1. The van der Waals surface area contributed by atoms with Gasteiger partial charge in [0, 0.05) is 17.3 Å². The molecule has 0 spiro atoms. The molecule has 5 nitrogen and oxygen atoms in total. The fourth-order valence-electron chi connectivity index (χ4n) is 2.85. The van der Waals surface area contributed by atoms with E-state index in [1.165, 1.54) is 0 Å². The van der Waals surface area contributed by atoms with Crippen molar-refractivity contribution in [2.45, 2.75) is 20.4 Å². The van der Waals surface area contributed by atoms with Crippen molar-refractivity contribution in [3.8, 4) is 11.5 Å². The molecule has 7 heteroatoms. The van der Waals surface area contributed by atoms with Crippen LogP contribution in [0.1, 0.15) is 18.1 Å². The number of carbonyl (C=O) groups is 1. The fourth-order valence-corrected chi connectivity index (χ4v) is 3.21. The SMILES string of the molecule is CCOc1cc(CNc2ccc(C)c(Cl)c2)ccc1OCC(=O)Nc1ccccc1Cl. The first-order valence-electron chi connectivity index (χ1n) is 9.89. The molecule has 0 fully saturated rings. The summed E-state index contributed by atoms with van der Waals surface area (Å²) >= 11 is 12.3. The van der Waals surface area contributed by atoms with E-state index in [-0.39, 0.29) is 12.5 Å². The summed E-state index contributed by atoms with van der Waals surface area (Å²) in [7, 11) is 0. The lowest BCUT2D eigenvalue weighted by Gasteiger charge is -2.14. The summed E-state index contributed by atoms with van der Waals surface area (Å²) in [6.45, 7) is 4.77. The molecule has 0 saturated heterocycles. The molecule has 0 aromatic heterocycles. The predicted molar refractivity (Wildman–Crippen MR) is 127 cm³/mol. The van der Waals surface area contributed by atoms with E-state index in [1.54, 1.807) is 30.3 Å².